The number of alkyl halides is 10. The lowest BCUT2D eigenvalue weighted by atomic mass is 9.94. The van der Waals surface area contributed by atoms with Crippen molar-refractivity contribution in [1.82, 2.24) is 14.9 Å². The Hall–Kier alpha value is -3.95. The van der Waals surface area contributed by atoms with Crippen LogP contribution in [0.3, 0.4) is 0 Å². The van der Waals surface area contributed by atoms with Gasteiger partial charge in [-0.3, -0.25) is 9.59 Å². The van der Waals surface area contributed by atoms with Crippen LogP contribution < -0.4 is 10.6 Å². The minimum atomic E-state index is -6.49. The van der Waals surface area contributed by atoms with E-state index in [1.165, 1.54) is 44.2 Å². The molecule has 2 amide bonds. The van der Waals surface area contributed by atoms with Crippen LogP contribution in [0, 0.1) is 10.5 Å². The van der Waals surface area contributed by atoms with Crippen molar-refractivity contribution in [2.45, 2.75) is 50.6 Å². The Morgan fingerprint density at radius 2 is 1.53 bits per heavy atom. The maximum Gasteiger partial charge on any atom is 0.449 e. The van der Waals surface area contributed by atoms with Crippen molar-refractivity contribution < 1.29 is 61.9 Å². The smallest absolute Gasteiger partial charge is 0.349 e. The Balaban J connectivity index is 1.65. The number of aryl methyl sites for hydroxylation is 1. The summed E-state index contributed by atoms with van der Waals surface area (Å²) >= 11 is 1.82. The van der Waals surface area contributed by atoms with Crippen LogP contribution in [0.2, 0.25) is 0 Å². The number of amides is 2. The molecule has 2 N–H and O–H groups in total. The van der Waals surface area contributed by atoms with E-state index in [2.05, 4.69) is 15.6 Å². The zero-order valence-electron chi connectivity index (χ0n) is 26.3. The predicted molar refractivity (Wildman–Crippen MR) is 174 cm³/mol. The molecule has 0 aliphatic heterocycles. The van der Waals surface area contributed by atoms with E-state index in [9.17, 15) is 61.9 Å². The molecule has 1 heterocycles. The molecule has 0 saturated heterocycles. The van der Waals surface area contributed by atoms with Gasteiger partial charge in [-0.25, -0.2) is 17.8 Å². The summed E-state index contributed by atoms with van der Waals surface area (Å²) in [6.07, 6.45) is -17.2. The molecular formula is C31H25F10IN4O4S. The summed E-state index contributed by atoms with van der Waals surface area (Å²) in [4.78, 5) is 29.6. The summed E-state index contributed by atoms with van der Waals surface area (Å²) in [6, 6.07) is 8.11. The van der Waals surface area contributed by atoms with Crippen LogP contribution in [0.4, 0.5) is 49.6 Å². The summed E-state index contributed by atoms with van der Waals surface area (Å²) in [5.74, 6) is -3.52. The second-order valence-electron chi connectivity index (χ2n) is 11.6. The number of aromatic nitrogens is 2. The first kappa shape index (κ1) is 39.8. The maximum atomic E-state index is 14.6. The Kier molecular flexibility index (Phi) is 10.8. The highest BCUT2D eigenvalue weighted by Gasteiger charge is 2.73. The normalized spacial score (nSPS) is 13.7. The van der Waals surface area contributed by atoms with Gasteiger partial charge in [-0.1, -0.05) is 24.3 Å². The number of carbonyl (C=O) groups excluding carboxylic acids is 2. The maximum absolute atomic E-state index is 14.6. The number of hydrogen-bond acceptors (Lipinski definition) is 5. The van der Waals surface area contributed by atoms with Gasteiger partial charge >= 0.3 is 24.2 Å². The van der Waals surface area contributed by atoms with Crippen LogP contribution in [-0.4, -0.2) is 60.2 Å². The molecule has 0 aliphatic carbocycles. The second-order valence-corrected chi connectivity index (χ2v) is 15.0. The topological polar surface area (TPSA) is 110 Å². The number of halogens is 11. The fourth-order valence-corrected chi connectivity index (χ4v) is 7.02. The van der Waals surface area contributed by atoms with E-state index in [1.807, 2.05) is 22.6 Å². The lowest BCUT2D eigenvalue weighted by Crippen LogP contribution is -2.50. The Morgan fingerprint density at radius 3 is 2.08 bits per heavy atom. The highest BCUT2D eigenvalue weighted by atomic mass is 127. The van der Waals surface area contributed by atoms with Crippen LogP contribution in [0.1, 0.15) is 50.2 Å². The number of imidazole rings is 1. The molecule has 4 aromatic rings. The van der Waals surface area contributed by atoms with Crippen molar-refractivity contribution in [3.8, 4) is 0 Å². The average molecular weight is 867 g/mol. The van der Waals surface area contributed by atoms with Gasteiger partial charge in [-0.05, 0) is 77.9 Å². The lowest BCUT2D eigenvalue weighted by molar-refractivity contribution is -0.348. The van der Waals surface area contributed by atoms with Gasteiger partial charge in [-0.15, -0.1) is 0 Å². The molecule has 20 heteroatoms. The zero-order chi connectivity index (χ0) is 38.5. The molecule has 0 aliphatic rings. The molecule has 0 fully saturated rings. The van der Waals surface area contributed by atoms with Gasteiger partial charge in [0.1, 0.15) is 9.84 Å². The largest absolute Gasteiger partial charge is 0.449 e. The van der Waals surface area contributed by atoms with E-state index in [0.29, 0.717) is 19.8 Å². The van der Waals surface area contributed by atoms with Gasteiger partial charge in [0.15, 0.2) is 0 Å². The van der Waals surface area contributed by atoms with E-state index < -0.39 is 80.9 Å². The van der Waals surface area contributed by atoms with Crippen molar-refractivity contribution in [3.05, 3.63) is 91.8 Å². The number of benzene rings is 3. The number of rotatable bonds is 9. The third-order valence-corrected chi connectivity index (χ3v) is 9.48. The molecule has 0 spiro atoms. The summed E-state index contributed by atoms with van der Waals surface area (Å²) in [5.41, 5.74) is -8.92. The number of nitrogens with zero attached hydrogens (tertiary/aromatic N) is 2. The van der Waals surface area contributed by atoms with Gasteiger partial charge < -0.3 is 15.2 Å². The van der Waals surface area contributed by atoms with Gasteiger partial charge in [-0.2, -0.15) is 39.5 Å². The first-order chi connectivity index (χ1) is 23.2. The average Bonchev–Trinajstić information content (AvgIpc) is 3.33. The fraction of sp³-hybridized carbons (Fsp3) is 0.323. The van der Waals surface area contributed by atoms with Crippen molar-refractivity contribution >= 4 is 61.0 Å². The van der Waals surface area contributed by atoms with E-state index >= 15 is 0 Å². The van der Waals surface area contributed by atoms with E-state index in [0.717, 1.165) is 6.26 Å². The van der Waals surface area contributed by atoms with Crippen molar-refractivity contribution in [1.29, 1.82) is 0 Å². The number of carbonyl (C=O) groups is 2. The first-order valence-corrected chi connectivity index (χ1v) is 17.5. The minimum Gasteiger partial charge on any atom is -0.349 e. The van der Waals surface area contributed by atoms with E-state index in [-0.39, 0.29) is 40.3 Å². The Morgan fingerprint density at radius 1 is 0.902 bits per heavy atom. The quantitative estimate of drug-likeness (QED) is 0.132. The number of hydrogen-bond donors (Lipinski definition) is 2. The lowest BCUT2D eigenvalue weighted by Gasteiger charge is -2.30. The molecule has 0 bridgehead atoms. The van der Waals surface area contributed by atoms with E-state index in [1.54, 1.807) is 6.07 Å². The van der Waals surface area contributed by atoms with Crippen molar-refractivity contribution in [3.63, 3.8) is 0 Å². The first-order valence-electron chi connectivity index (χ1n) is 14.3. The SMILES string of the molecule is Cc1cc(Cn2c(C(F)(F)F)nc3cc(C(F)(C(F)(F)F)C(F)(F)F)ccc32)ccc1NC(=O)c1cccc(I)c1C(=O)N[C@@H](C)CS(C)(=O)=O. The molecule has 0 unspecified atom stereocenters. The molecule has 51 heavy (non-hydrogen) atoms. The summed E-state index contributed by atoms with van der Waals surface area (Å²) in [6.45, 7) is 2.30. The number of anilines is 1. The van der Waals surface area contributed by atoms with Crippen molar-refractivity contribution in [2.75, 3.05) is 17.3 Å². The van der Waals surface area contributed by atoms with E-state index in [4.69, 9.17) is 0 Å². The van der Waals surface area contributed by atoms with Gasteiger partial charge in [0.05, 0.1) is 27.9 Å². The zero-order valence-corrected chi connectivity index (χ0v) is 29.3. The number of sulfone groups is 1. The molecule has 1 atom stereocenters. The van der Waals surface area contributed by atoms with Crippen molar-refractivity contribution in [2.24, 2.45) is 0 Å². The van der Waals surface area contributed by atoms with Gasteiger partial charge in [0, 0.05) is 33.7 Å². The van der Waals surface area contributed by atoms with Crippen LogP contribution in [0.15, 0.2) is 54.6 Å². The third-order valence-electron chi connectivity index (χ3n) is 7.48. The summed E-state index contributed by atoms with van der Waals surface area (Å²) in [7, 11) is -3.44. The van der Waals surface area contributed by atoms with Crippen LogP contribution in [0.5, 0.6) is 0 Å². The molecule has 8 nitrogen and oxygen atoms in total. The molecule has 0 radical (unpaired) electrons. The highest BCUT2D eigenvalue weighted by Crippen LogP contribution is 2.53. The van der Waals surface area contributed by atoms with Crippen LogP contribution in [0.25, 0.3) is 11.0 Å². The monoisotopic (exact) mass is 866 g/mol. The molecule has 4 rings (SSSR count). The Labute approximate surface area is 296 Å². The third kappa shape index (κ3) is 8.41. The molecule has 1 aromatic heterocycles. The van der Waals surface area contributed by atoms with Gasteiger partial charge in [0.25, 0.3) is 11.8 Å². The predicted octanol–water partition coefficient (Wildman–Crippen LogP) is 7.72. The van der Waals surface area contributed by atoms with Crippen LogP contribution >= 0.6 is 22.6 Å². The Bertz CT molecular complexity index is 2100. The second kappa shape index (κ2) is 13.9. The summed E-state index contributed by atoms with van der Waals surface area (Å²) < 4.78 is 160. The van der Waals surface area contributed by atoms with Gasteiger partial charge in [0.2, 0.25) is 5.82 Å². The molecule has 3 aromatic carbocycles. The standard InChI is InChI=1S/C31H25F10IN4O4S/c1-15-11-17(7-9-21(15)44-25(47)19-5-4-6-20(42)24(19)26(48)43-16(2)14-51(3,49)50)13-46-23-10-8-18(12-22(23)45-27(46)29(33,34)35)28(32,30(36,37)38)31(39,40)41/h4-12,16H,13-14H2,1-3H3,(H,43,48)(H,44,47)/t16-/m0/s1. The van der Waals surface area contributed by atoms with Crippen LogP contribution in [-0.2, 0) is 28.2 Å². The summed E-state index contributed by atoms with van der Waals surface area (Å²) in [5, 5.41) is 5.13. The highest BCUT2D eigenvalue weighted by molar-refractivity contribution is 14.1. The number of fused-ring (bicyclic) bond motifs is 1. The fourth-order valence-electron chi connectivity index (χ4n) is 5.28. The minimum absolute atomic E-state index is 0.0302. The number of nitrogens with one attached hydrogen (secondary N) is 2. The molecule has 276 valence electrons. The molecular weight excluding hydrogens is 841 g/mol. The molecule has 0 saturated carbocycles.